The van der Waals surface area contributed by atoms with E-state index in [1.54, 1.807) is 0 Å². The van der Waals surface area contributed by atoms with E-state index in [0.717, 1.165) is 29.8 Å². The van der Waals surface area contributed by atoms with Crippen LogP contribution >= 0.6 is 0 Å². The van der Waals surface area contributed by atoms with E-state index in [1.165, 1.54) is 77.4 Å². The van der Waals surface area contributed by atoms with Crippen molar-refractivity contribution in [1.82, 2.24) is 10.2 Å². The number of hydrogen-bond acceptors (Lipinski definition) is 2. The SMILES string of the molecule is CCCC(C)CN1CC(C2CC2)NCC1C1CCCCC1. The summed E-state index contributed by atoms with van der Waals surface area (Å²) in [5, 5.41) is 3.92. The summed E-state index contributed by atoms with van der Waals surface area (Å²) in [5.41, 5.74) is 0. The van der Waals surface area contributed by atoms with Crippen LogP contribution in [0, 0.1) is 17.8 Å². The summed E-state index contributed by atoms with van der Waals surface area (Å²) in [6, 6.07) is 1.64. The van der Waals surface area contributed by atoms with Crippen molar-refractivity contribution in [3.63, 3.8) is 0 Å². The highest BCUT2D eigenvalue weighted by Crippen LogP contribution is 2.37. The fraction of sp³-hybridized carbons (Fsp3) is 1.00. The van der Waals surface area contributed by atoms with Crippen molar-refractivity contribution >= 4 is 0 Å². The molecule has 1 N–H and O–H groups in total. The molecule has 2 heteroatoms. The van der Waals surface area contributed by atoms with Crippen LogP contribution in [0.2, 0.25) is 0 Å². The quantitative estimate of drug-likeness (QED) is 0.794. The molecule has 122 valence electrons. The van der Waals surface area contributed by atoms with E-state index < -0.39 is 0 Å². The maximum absolute atomic E-state index is 3.92. The lowest BCUT2D eigenvalue weighted by Crippen LogP contribution is -2.60. The largest absolute Gasteiger partial charge is 0.311 e. The van der Waals surface area contributed by atoms with Gasteiger partial charge < -0.3 is 5.32 Å². The predicted molar refractivity (Wildman–Crippen MR) is 90.5 cm³/mol. The van der Waals surface area contributed by atoms with E-state index in [9.17, 15) is 0 Å². The number of nitrogens with zero attached hydrogens (tertiary/aromatic N) is 1. The molecule has 3 atom stereocenters. The van der Waals surface area contributed by atoms with Gasteiger partial charge in [-0.2, -0.15) is 0 Å². The van der Waals surface area contributed by atoms with Gasteiger partial charge >= 0.3 is 0 Å². The van der Waals surface area contributed by atoms with Crippen LogP contribution in [0.4, 0.5) is 0 Å². The van der Waals surface area contributed by atoms with Gasteiger partial charge in [-0.25, -0.2) is 0 Å². The van der Waals surface area contributed by atoms with Crippen LogP contribution in [0.15, 0.2) is 0 Å². The highest BCUT2D eigenvalue weighted by molar-refractivity contribution is 4.97. The van der Waals surface area contributed by atoms with Crippen molar-refractivity contribution in [2.24, 2.45) is 17.8 Å². The number of rotatable bonds is 6. The molecular formula is C19H36N2. The molecule has 3 unspecified atom stereocenters. The lowest BCUT2D eigenvalue weighted by atomic mass is 9.81. The van der Waals surface area contributed by atoms with Crippen molar-refractivity contribution in [2.75, 3.05) is 19.6 Å². The van der Waals surface area contributed by atoms with Crippen LogP contribution in [0.3, 0.4) is 0 Å². The molecule has 2 nitrogen and oxygen atoms in total. The molecule has 0 bridgehead atoms. The number of nitrogens with one attached hydrogen (secondary N) is 1. The highest BCUT2D eigenvalue weighted by Gasteiger charge is 2.39. The van der Waals surface area contributed by atoms with E-state index in [2.05, 4.69) is 24.1 Å². The monoisotopic (exact) mass is 292 g/mol. The first-order chi connectivity index (χ1) is 10.3. The molecule has 2 saturated carbocycles. The van der Waals surface area contributed by atoms with Gasteiger partial charge in [-0.05, 0) is 49.9 Å². The zero-order valence-corrected chi connectivity index (χ0v) is 14.3. The van der Waals surface area contributed by atoms with Gasteiger partial charge in [-0.3, -0.25) is 4.90 Å². The van der Waals surface area contributed by atoms with Crippen LogP contribution < -0.4 is 5.32 Å². The van der Waals surface area contributed by atoms with Crippen LogP contribution in [0.5, 0.6) is 0 Å². The van der Waals surface area contributed by atoms with Crippen LogP contribution in [-0.4, -0.2) is 36.6 Å². The molecule has 1 heterocycles. The van der Waals surface area contributed by atoms with Crippen LogP contribution in [-0.2, 0) is 0 Å². The second-order valence-electron chi connectivity index (χ2n) is 8.17. The molecule has 2 aliphatic carbocycles. The van der Waals surface area contributed by atoms with Crippen molar-refractivity contribution in [1.29, 1.82) is 0 Å². The van der Waals surface area contributed by atoms with E-state index in [0.29, 0.717) is 0 Å². The molecule has 0 aromatic heterocycles. The Balaban J connectivity index is 1.61. The second-order valence-corrected chi connectivity index (χ2v) is 8.17. The fourth-order valence-corrected chi connectivity index (χ4v) is 4.85. The average molecular weight is 293 g/mol. The van der Waals surface area contributed by atoms with Crippen molar-refractivity contribution < 1.29 is 0 Å². The molecule has 1 saturated heterocycles. The fourth-order valence-electron chi connectivity index (χ4n) is 4.85. The Hall–Kier alpha value is -0.0800. The van der Waals surface area contributed by atoms with E-state index in [1.807, 2.05) is 0 Å². The normalized spacial score (nSPS) is 34.0. The summed E-state index contributed by atoms with van der Waals surface area (Å²) in [7, 11) is 0. The van der Waals surface area contributed by atoms with Crippen LogP contribution in [0.1, 0.15) is 71.6 Å². The Labute approximate surface area is 132 Å². The summed E-state index contributed by atoms with van der Waals surface area (Å²) in [4.78, 5) is 2.91. The van der Waals surface area contributed by atoms with Crippen molar-refractivity contribution in [2.45, 2.75) is 83.7 Å². The lowest BCUT2D eigenvalue weighted by Gasteiger charge is -2.46. The molecule has 3 rings (SSSR count). The van der Waals surface area contributed by atoms with E-state index in [4.69, 9.17) is 0 Å². The Morgan fingerprint density at radius 2 is 1.81 bits per heavy atom. The predicted octanol–water partition coefficient (Wildman–Crippen LogP) is 4.06. The number of piperazine rings is 1. The highest BCUT2D eigenvalue weighted by atomic mass is 15.2. The second kappa shape index (κ2) is 7.46. The van der Waals surface area contributed by atoms with E-state index >= 15 is 0 Å². The third-order valence-electron chi connectivity index (χ3n) is 6.20. The topological polar surface area (TPSA) is 15.3 Å². The first-order valence-electron chi connectivity index (χ1n) is 9.75. The zero-order valence-electron chi connectivity index (χ0n) is 14.3. The standard InChI is InChI=1S/C19H36N2/c1-3-7-15(2)13-21-14-18(16-10-11-16)20-12-19(21)17-8-5-4-6-9-17/h15-20H,3-14H2,1-2H3. The molecule has 0 amide bonds. The minimum absolute atomic E-state index is 0.804. The van der Waals surface area contributed by atoms with Gasteiger partial charge in [0.05, 0.1) is 0 Å². The Morgan fingerprint density at radius 1 is 1.05 bits per heavy atom. The van der Waals surface area contributed by atoms with Gasteiger partial charge in [0.15, 0.2) is 0 Å². The van der Waals surface area contributed by atoms with Gasteiger partial charge in [0, 0.05) is 31.7 Å². The van der Waals surface area contributed by atoms with Crippen LogP contribution in [0.25, 0.3) is 0 Å². The average Bonchev–Trinajstić information content (AvgIpc) is 3.33. The van der Waals surface area contributed by atoms with Gasteiger partial charge in [0.2, 0.25) is 0 Å². The summed E-state index contributed by atoms with van der Waals surface area (Å²) in [6.45, 7) is 8.75. The summed E-state index contributed by atoms with van der Waals surface area (Å²) in [6.07, 6.45) is 13.1. The van der Waals surface area contributed by atoms with Crippen molar-refractivity contribution in [3.8, 4) is 0 Å². The smallest absolute Gasteiger partial charge is 0.0249 e. The third kappa shape index (κ3) is 4.22. The van der Waals surface area contributed by atoms with Gasteiger partial charge in [-0.1, -0.05) is 39.5 Å². The summed E-state index contributed by atoms with van der Waals surface area (Å²) in [5.74, 6) is 2.85. The van der Waals surface area contributed by atoms with E-state index in [-0.39, 0.29) is 0 Å². The Morgan fingerprint density at radius 3 is 2.48 bits per heavy atom. The lowest BCUT2D eigenvalue weighted by molar-refractivity contribution is 0.0546. The first-order valence-corrected chi connectivity index (χ1v) is 9.75. The van der Waals surface area contributed by atoms with Gasteiger partial charge in [0.25, 0.3) is 0 Å². The minimum Gasteiger partial charge on any atom is -0.311 e. The Kier molecular flexibility index (Phi) is 5.61. The number of hydrogen-bond donors (Lipinski definition) is 1. The molecule has 1 aliphatic heterocycles. The molecule has 3 fully saturated rings. The maximum Gasteiger partial charge on any atom is 0.0249 e. The Bertz CT molecular complexity index is 307. The molecule has 0 spiro atoms. The van der Waals surface area contributed by atoms with Gasteiger partial charge in [-0.15, -0.1) is 0 Å². The molecule has 0 aromatic carbocycles. The minimum atomic E-state index is 0.804. The summed E-state index contributed by atoms with van der Waals surface area (Å²) >= 11 is 0. The maximum atomic E-state index is 3.92. The molecule has 21 heavy (non-hydrogen) atoms. The molecule has 0 aromatic rings. The molecular weight excluding hydrogens is 256 g/mol. The molecule has 0 radical (unpaired) electrons. The third-order valence-corrected chi connectivity index (χ3v) is 6.20. The van der Waals surface area contributed by atoms with Gasteiger partial charge in [0.1, 0.15) is 0 Å². The molecule has 3 aliphatic rings. The van der Waals surface area contributed by atoms with Crippen molar-refractivity contribution in [3.05, 3.63) is 0 Å². The zero-order chi connectivity index (χ0) is 14.7. The first kappa shape index (κ1) is 15.8. The summed E-state index contributed by atoms with van der Waals surface area (Å²) < 4.78 is 0.